The fourth-order valence-electron chi connectivity index (χ4n) is 1.22. The summed E-state index contributed by atoms with van der Waals surface area (Å²) in [5.41, 5.74) is 1.72. The van der Waals surface area contributed by atoms with Gasteiger partial charge in [0.15, 0.2) is 0 Å². The molecule has 0 spiro atoms. The molecule has 0 aliphatic carbocycles. The zero-order valence-electron chi connectivity index (χ0n) is 9.17. The van der Waals surface area contributed by atoms with Crippen LogP contribution in [0.5, 0.6) is 0 Å². The average Bonchev–Trinajstić information content (AvgIpc) is 2.14. The number of benzene rings is 1. The fraction of sp³-hybridized carbons (Fsp3) is 0.500. The monoisotopic (exact) mass is 193 g/mol. The van der Waals surface area contributed by atoms with Crippen molar-refractivity contribution in [2.45, 2.75) is 32.8 Å². The lowest BCUT2D eigenvalue weighted by Crippen LogP contribution is -2.29. The van der Waals surface area contributed by atoms with Crippen LogP contribution in [-0.4, -0.2) is 17.3 Å². The largest absolute Gasteiger partial charge is 0.389 e. The maximum Gasteiger partial charge on any atom is 0.0763 e. The molecule has 0 unspecified atom stereocenters. The summed E-state index contributed by atoms with van der Waals surface area (Å²) < 4.78 is 0. The normalized spacial score (nSPS) is 11.4. The van der Waals surface area contributed by atoms with Crippen molar-refractivity contribution in [1.82, 2.24) is 0 Å². The number of anilines is 1. The van der Waals surface area contributed by atoms with Crippen LogP contribution >= 0.6 is 0 Å². The van der Waals surface area contributed by atoms with Crippen LogP contribution in [-0.2, 0) is 6.42 Å². The highest BCUT2D eigenvalue weighted by Gasteiger charge is 2.11. The van der Waals surface area contributed by atoms with E-state index in [9.17, 15) is 5.11 Å². The number of aliphatic hydroxyl groups is 1. The molecule has 0 bridgehead atoms. The zero-order chi connectivity index (χ0) is 10.6. The molecule has 2 N–H and O–H groups in total. The minimum Gasteiger partial charge on any atom is -0.389 e. The molecule has 0 amide bonds. The van der Waals surface area contributed by atoms with Gasteiger partial charge in [-0.15, -0.1) is 0 Å². The van der Waals surface area contributed by atoms with Gasteiger partial charge in [-0.2, -0.15) is 0 Å². The molecule has 2 heteroatoms. The van der Waals surface area contributed by atoms with E-state index in [1.807, 2.05) is 12.1 Å². The second-order valence-electron chi connectivity index (χ2n) is 4.22. The standard InChI is InChI=1S/C12H19NO/c1-4-10-6-5-7-11(8-10)13-9-12(2,3)14/h5-8,13-14H,4,9H2,1-3H3. The summed E-state index contributed by atoms with van der Waals surface area (Å²) in [5, 5.41) is 12.8. The third-order valence-corrected chi connectivity index (χ3v) is 2.06. The molecule has 78 valence electrons. The van der Waals surface area contributed by atoms with E-state index >= 15 is 0 Å². The lowest BCUT2D eigenvalue weighted by molar-refractivity contribution is 0.0945. The second kappa shape index (κ2) is 4.47. The Kier molecular flexibility index (Phi) is 3.53. The number of hydrogen-bond donors (Lipinski definition) is 2. The van der Waals surface area contributed by atoms with Gasteiger partial charge in [0.25, 0.3) is 0 Å². The topological polar surface area (TPSA) is 32.3 Å². The molecule has 1 aromatic carbocycles. The quantitative estimate of drug-likeness (QED) is 0.769. The molecule has 0 aromatic heterocycles. The minimum absolute atomic E-state index is 0.570. The van der Waals surface area contributed by atoms with Gasteiger partial charge >= 0.3 is 0 Å². The van der Waals surface area contributed by atoms with Crippen molar-refractivity contribution in [2.24, 2.45) is 0 Å². The Morgan fingerprint density at radius 1 is 1.36 bits per heavy atom. The molecule has 0 heterocycles. The summed E-state index contributed by atoms with van der Waals surface area (Å²) in [6.07, 6.45) is 1.04. The molecule has 0 aliphatic rings. The van der Waals surface area contributed by atoms with Crippen LogP contribution in [0.15, 0.2) is 24.3 Å². The summed E-state index contributed by atoms with van der Waals surface area (Å²) in [4.78, 5) is 0. The smallest absolute Gasteiger partial charge is 0.0763 e. The van der Waals surface area contributed by atoms with Gasteiger partial charge in [0.1, 0.15) is 0 Å². The fourth-order valence-corrected chi connectivity index (χ4v) is 1.22. The van der Waals surface area contributed by atoms with Crippen molar-refractivity contribution in [1.29, 1.82) is 0 Å². The summed E-state index contributed by atoms with van der Waals surface area (Å²) in [6, 6.07) is 8.28. The van der Waals surface area contributed by atoms with Crippen LogP contribution in [0.1, 0.15) is 26.3 Å². The van der Waals surface area contributed by atoms with E-state index < -0.39 is 5.60 Å². The Morgan fingerprint density at radius 2 is 2.07 bits per heavy atom. The molecular weight excluding hydrogens is 174 g/mol. The highest BCUT2D eigenvalue weighted by Crippen LogP contribution is 2.12. The molecule has 0 saturated heterocycles. The summed E-state index contributed by atoms with van der Waals surface area (Å²) in [5.74, 6) is 0. The maximum atomic E-state index is 9.54. The first-order chi connectivity index (χ1) is 6.51. The molecule has 1 rings (SSSR count). The first-order valence-corrected chi connectivity index (χ1v) is 5.06. The highest BCUT2D eigenvalue weighted by atomic mass is 16.3. The van der Waals surface area contributed by atoms with Crippen LogP contribution in [0.25, 0.3) is 0 Å². The highest BCUT2D eigenvalue weighted by molar-refractivity contribution is 5.45. The van der Waals surface area contributed by atoms with Gasteiger partial charge in [0.2, 0.25) is 0 Å². The van der Waals surface area contributed by atoms with Crippen LogP contribution in [0.3, 0.4) is 0 Å². The van der Waals surface area contributed by atoms with E-state index in [0.717, 1.165) is 12.1 Å². The predicted octanol–water partition coefficient (Wildman–Crippen LogP) is 2.43. The van der Waals surface area contributed by atoms with Crippen molar-refractivity contribution >= 4 is 5.69 Å². The average molecular weight is 193 g/mol. The van der Waals surface area contributed by atoms with Gasteiger partial charge in [-0.25, -0.2) is 0 Å². The second-order valence-corrected chi connectivity index (χ2v) is 4.22. The molecular formula is C12H19NO. The van der Waals surface area contributed by atoms with Crippen LogP contribution in [0.2, 0.25) is 0 Å². The number of rotatable bonds is 4. The molecule has 1 aromatic rings. The van der Waals surface area contributed by atoms with E-state index in [1.54, 1.807) is 13.8 Å². The van der Waals surface area contributed by atoms with Crippen molar-refractivity contribution in [3.8, 4) is 0 Å². The van der Waals surface area contributed by atoms with Gasteiger partial charge in [-0.1, -0.05) is 19.1 Å². The number of nitrogens with one attached hydrogen (secondary N) is 1. The van der Waals surface area contributed by atoms with E-state index in [4.69, 9.17) is 0 Å². The van der Waals surface area contributed by atoms with Crippen LogP contribution in [0.4, 0.5) is 5.69 Å². The molecule has 14 heavy (non-hydrogen) atoms. The lowest BCUT2D eigenvalue weighted by Gasteiger charge is -2.18. The van der Waals surface area contributed by atoms with Gasteiger partial charge in [0.05, 0.1) is 5.60 Å². The van der Waals surface area contributed by atoms with E-state index in [-0.39, 0.29) is 0 Å². The molecule has 0 atom stereocenters. The van der Waals surface area contributed by atoms with Gasteiger partial charge in [0, 0.05) is 12.2 Å². The Labute approximate surface area is 86.0 Å². The van der Waals surface area contributed by atoms with Crippen LogP contribution < -0.4 is 5.32 Å². The zero-order valence-corrected chi connectivity index (χ0v) is 9.17. The Balaban J connectivity index is 2.59. The Hall–Kier alpha value is -1.02. The first kappa shape index (κ1) is 11.1. The summed E-state index contributed by atoms with van der Waals surface area (Å²) in [7, 11) is 0. The summed E-state index contributed by atoms with van der Waals surface area (Å²) in [6.45, 7) is 6.29. The van der Waals surface area contributed by atoms with E-state index in [1.165, 1.54) is 5.56 Å². The van der Waals surface area contributed by atoms with Gasteiger partial charge in [-0.3, -0.25) is 0 Å². The number of hydrogen-bond acceptors (Lipinski definition) is 2. The molecule has 0 aliphatic heterocycles. The molecule has 0 radical (unpaired) electrons. The van der Waals surface area contributed by atoms with Crippen molar-refractivity contribution in [2.75, 3.05) is 11.9 Å². The first-order valence-electron chi connectivity index (χ1n) is 5.06. The van der Waals surface area contributed by atoms with Crippen molar-refractivity contribution < 1.29 is 5.11 Å². The minimum atomic E-state index is -0.664. The molecule has 0 fully saturated rings. The Morgan fingerprint density at radius 3 is 2.64 bits per heavy atom. The lowest BCUT2D eigenvalue weighted by atomic mass is 10.1. The number of aryl methyl sites for hydroxylation is 1. The SMILES string of the molecule is CCc1cccc(NCC(C)(C)O)c1. The third kappa shape index (κ3) is 3.79. The predicted molar refractivity (Wildman–Crippen MR) is 60.6 cm³/mol. The molecule has 2 nitrogen and oxygen atoms in total. The molecule has 0 saturated carbocycles. The van der Waals surface area contributed by atoms with Crippen molar-refractivity contribution in [3.05, 3.63) is 29.8 Å². The third-order valence-electron chi connectivity index (χ3n) is 2.06. The van der Waals surface area contributed by atoms with Crippen LogP contribution in [0, 0.1) is 0 Å². The van der Waals surface area contributed by atoms with Gasteiger partial charge in [-0.05, 0) is 38.0 Å². The van der Waals surface area contributed by atoms with Crippen molar-refractivity contribution in [3.63, 3.8) is 0 Å². The van der Waals surface area contributed by atoms with E-state index in [0.29, 0.717) is 6.54 Å². The maximum absolute atomic E-state index is 9.54. The Bertz CT molecular complexity index is 289. The van der Waals surface area contributed by atoms with Gasteiger partial charge < -0.3 is 10.4 Å². The summed E-state index contributed by atoms with van der Waals surface area (Å²) >= 11 is 0. The van der Waals surface area contributed by atoms with E-state index in [2.05, 4.69) is 24.4 Å².